The van der Waals surface area contributed by atoms with Crippen LogP contribution in [-0.4, -0.2) is 24.5 Å². The summed E-state index contributed by atoms with van der Waals surface area (Å²) in [6, 6.07) is 3.36. The van der Waals surface area contributed by atoms with Crippen LogP contribution in [-0.2, 0) is 0 Å². The maximum atomic E-state index is 11.7. The average Bonchev–Trinajstić information content (AvgIpc) is 2.25. The normalized spacial score (nSPS) is 9.47. The maximum absolute atomic E-state index is 11.7. The van der Waals surface area contributed by atoms with Gasteiger partial charge in [0.05, 0.1) is 7.11 Å². The van der Waals surface area contributed by atoms with Gasteiger partial charge in [-0.25, -0.2) is 4.98 Å². The van der Waals surface area contributed by atoms with E-state index in [0.717, 1.165) is 5.57 Å². The van der Waals surface area contributed by atoms with Crippen LogP contribution in [0.3, 0.4) is 0 Å². The molecule has 1 aromatic rings. The first-order valence-corrected chi connectivity index (χ1v) is 4.56. The van der Waals surface area contributed by atoms with Gasteiger partial charge in [0.1, 0.15) is 5.56 Å². The van der Waals surface area contributed by atoms with Gasteiger partial charge in [-0.3, -0.25) is 4.79 Å². The highest BCUT2D eigenvalue weighted by molar-refractivity contribution is 5.96. The van der Waals surface area contributed by atoms with Crippen molar-refractivity contribution < 1.29 is 9.53 Å². The fourth-order valence-corrected chi connectivity index (χ4v) is 1.05. The highest BCUT2D eigenvalue weighted by Gasteiger charge is 2.11. The lowest BCUT2D eigenvalue weighted by atomic mass is 10.2. The molecule has 0 aromatic carbocycles. The highest BCUT2D eigenvalue weighted by Crippen LogP contribution is 2.12. The average molecular weight is 206 g/mol. The van der Waals surface area contributed by atoms with Gasteiger partial charge in [-0.1, -0.05) is 12.2 Å². The van der Waals surface area contributed by atoms with Crippen LogP contribution in [0, 0.1) is 0 Å². The second-order valence-corrected chi connectivity index (χ2v) is 3.20. The summed E-state index contributed by atoms with van der Waals surface area (Å²) in [5.74, 6) is 0.125. The third-order valence-electron chi connectivity index (χ3n) is 1.76. The van der Waals surface area contributed by atoms with Gasteiger partial charge in [0.2, 0.25) is 5.88 Å². The molecule has 4 heteroatoms. The Bertz CT molecular complexity index is 375. The van der Waals surface area contributed by atoms with Gasteiger partial charge in [-0.05, 0) is 19.1 Å². The minimum absolute atomic E-state index is 0.206. The zero-order chi connectivity index (χ0) is 11.3. The molecule has 0 unspecified atom stereocenters. The molecule has 0 aliphatic rings. The summed E-state index contributed by atoms with van der Waals surface area (Å²) in [4.78, 5) is 15.6. The lowest BCUT2D eigenvalue weighted by Gasteiger charge is -2.07. The predicted octanol–water partition coefficient (Wildman–Crippen LogP) is 1.40. The van der Waals surface area contributed by atoms with E-state index in [1.54, 1.807) is 18.3 Å². The molecule has 0 spiro atoms. The number of hydrogen-bond acceptors (Lipinski definition) is 3. The molecule has 1 aromatic heterocycles. The molecule has 0 aliphatic carbocycles. The van der Waals surface area contributed by atoms with Crippen molar-refractivity contribution in [1.82, 2.24) is 10.3 Å². The largest absolute Gasteiger partial charge is 0.480 e. The Hall–Kier alpha value is -1.84. The summed E-state index contributed by atoms with van der Waals surface area (Å²) in [5.41, 5.74) is 1.33. The highest BCUT2D eigenvalue weighted by atomic mass is 16.5. The fraction of sp³-hybridized carbons (Fsp3) is 0.273. The first-order chi connectivity index (χ1) is 7.15. The molecule has 0 atom stereocenters. The van der Waals surface area contributed by atoms with Crippen molar-refractivity contribution in [2.75, 3.05) is 13.7 Å². The standard InChI is InChI=1S/C11H14N2O2/c1-8(2)7-13-10(14)9-5-4-6-12-11(9)15-3/h4-6H,1,7H2,2-3H3,(H,13,14). The number of amides is 1. The monoisotopic (exact) mass is 206 g/mol. The summed E-state index contributed by atoms with van der Waals surface area (Å²) < 4.78 is 4.98. The first-order valence-electron chi connectivity index (χ1n) is 4.56. The van der Waals surface area contributed by atoms with Crippen LogP contribution in [0.4, 0.5) is 0 Å². The van der Waals surface area contributed by atoms with Gasteiger partial charge in [0.25, 0.3) is 5.91 Å². The third kappa shape index (κ3) is 3.09. The number of methoxy groups -OCH3 is 1. The molecular formula is C11H14N2O2. The molecule has 15 heavy (non-hydrogen) atoms. The van der Waals surface area contributed by atoms with E-state index in [0.29, 0.717) is 18.0 Å². The molecule has 1 heterocycles. The zero-order valence-corrected chi connectivity index (χ0v) is 8.91. The molecule has 0 aliphatic heterocycles. The second-order valence-electron chi connectivity index (χ2n) is 3.20. The molecule has 1 N–H and O–H groups in total. The van der Waals surface area contributed by atoms with Gasteiger partial charge < -0.3 is 10.1 Å². The smallest absolute Gasteiger partial charge is 0.257 e. The summed E-state index contributed by atoms with van der Waals surface area (Å²) in [6.45, 7) is 6.00. The van der Waals surface area contributed by atoms with Gasteiger partial charge in [-0.2, -0.15) is 0 Å². The molecule has 0 saturated carbocycles. The van der Waals surface area contributed by atoms with E-state index in [2.05, 4.69) is 16.9 Å². The van der Waals surface area contributed by atoms with Crippen LogP contribution in [0.1, 0.15) is 17.3 Å². The summed E-state index contributed by atoms with van der Waals surface area (Å²) >= 11 is 0. The number of carbonyl (C=O) groups is 1. The summed E-state index contributed by atoms with van der Waals surface area (Å²) in [5, 5.41) is 2.71. The molecule has 0 bridgehead atoms. The Kier molecular flexibility index (Phi) is 3.85. The van der Waals surface area contributed by atoms with E-state index in [9.17, 15) is 4.79 Å². The molecular weight excluding hydrogens is 192 g/mol. The second kappa shape index (κ2) is 5.14. The van der Waals surface area contributed by atoms with Crippen molar-refractivity contribution in [2.24, 2.45) is 0 Å². The Morgan fingerprint density at radius 3 is 3.00 bits per heavy atom. The van der Waals surface area contributed by atoms with Crippen LogP contribution in [0.25, 0.3) is 0 Å². The number of carbonyl (C=O) groups excluding carboxylic acids is 1. The van der Waals surface area contributed by atoms with Crippen LogP contribution in [0.5, 0.6) is 5.88 Å². The van der Waals surface area contributed by atoms with Crippen molar-refractivity contribution in [3.05, 3.63) is 36.0 Å². The van der Waals surface area contributed by atoms with E-state index in [1.807, 2.05) is 6.92 Å². The van der Waals surface area contributed by atoms with Crippen LogP contribution < -0.4 is 10.1 Å². The van der Waals surface area contributed by atoms with Gasteiger partial charge >= 0.3 is 0 Å². The number of hydrogen-bond donors (Lipinski definition) is 1. The lowest BCUT2D eigenvalue weighted by Crippen LogP contribution is -2.25. The van der Waals surface area contributed by atoms with Crippen molar-refractivity contribution in [3.63, 3.8) is 0 Å². The Balaban J connectivity index is 2.77. The number of nitrogens with zero attached hydrogens (tertiary/aromatic N) is 1. The minimum atomic E-state index is -0.206. The summed E-state index contributed by atoms with van der Waals surface area (Å²) in [7, 11) is 1.48. The maximum Gasteiger partial charge on any atom is 0.257 e. The number of nitrogens with one attached hydrogen (secondary N) is 1. The Morgan fingerprint density at radius 1 is 1.67 bits per heavy atom. The first kappa shape index (κ1) is 11.2. The molecule has 0 fully saturated rings. The Labute approximate surface area is 89.0 Å². The molecule has 4 nitrogen and oxygen atoms in total. The number of aromatic nitrogens is 1. The van der Waals surface area contributed by atoms with Crippen molar-refractivity contribution in [1.29, 1.82) is 0 Å². The van der Waals surface area contributed by atoms with Crippen molar-refractivity contribution in [2.45, 2.75) is 6.92 Å². The van der Waals surface area contributed by atoms with Crippen molar-refractivity contribution >= 4 is 5.91 Å². The predicted molar refractivity (Wildman–Crippen MR) is 57.9 cm³/mol. The van der Waals surface area contributed by atoms with Crippen LogP contribution in [0.15, 0.2) is 30.5 Å². The topological polar surface area (TPSA) is 51.2 Å². The number of rotatable bonds is 4. The van der Waals surface area contributed by atoms with Crippen molar-refractivity contribution in [3.8, 4) is 5.88 Å². The quantitative estimate of drug-likeness (QED) is 0.757. The third-order valence-corrected chi connectivity index (χ3v) is 1.76. The van der Waals surface area contributed by atoms with E-state index in [4.69, 9.17) is 4.74 Å². The van der Waals surface area contributed by atoms with E-state index < -0.39 is 0 Å². The van der Waals surface area contributed by atoms with E-state index >= 15 is 0 Å². The number of ether oxygens (including phenoxy) is 1. The molecule has 1 rings (SSSR count). The van der Waals surface area contributed by atoms with Gasteiger partial charge in [0.15, 0.2) is 0 Å². The van der Waals surface area contributed by atoms with E-state index in [1.165, 1.54) is 7.11 Å². The lowest BCUT2D eigenvalue weighted by molar-refractivity contribution is 0.0953. The fourth-order valence-electron chi connectivity index (χ4n) is 1.05. The molecule has 80 valence electrons. The number of pyridine rings is 1. The van der Waals surface area contributed by atoms with Gasteiger partial charge in [0, 0.05) is 12.7 Å². The summed E-state index contributed by atoms with van der Waals surface area (Å²) in [6.07, 6.45) is 1.58. The van der Waals surface area contributed by atoms with E-state index in [-0.39, 0.29) is 5.91 Å². The molecule has 0 saturated heterocycles. The molecule has 0 radical (unpaired) electrons. The van der Waals surface area contributed by atoms with Crippen LogP contribution in [0.2, 0.25) is 0 Å². The molecule has 1 amide bonds. The SMILES string of the molecule is C=C(C)CNC(=O)c1cccnc1OC. The minimum Gasteiger partial charge on any atom is -0.480 e. The van der Waals surface area contributed by atoms with Crippen LogP contribution >= 0.6 is 0 Å². The van der Waals surface area contributed by atoms with Gasteiger partial charge in [-0.15, -0.1) is 0 Å². The zero-order valence-electron chi connectivity index (χ0n) is 8.91. The Morgan fingerprint density at radius 2 is 2.40 bits per heavy atom.